The third kappa shape index (κ3) is 2.52. The summed E-state index contributed by atoms with van der Waals surface area (Å²) in [5.41, 5.74) is 8.02. The van der Waals surface area contributed by atoms with Crippen molar-refractivity contribution in [3.8, 4) is 0 Å². The Labute approximate surface area is 92.5 Å². The SMILES string of the molecule is C/C=C1/C=CC=CN1/C(=C\N)C(C)(C)C. The van der Waals surface area contributed by atoms with Crippen LogP contribution in [0.15, 0.2) is 48.1 Å². The van der Waals surface area contributed by atoms with E-state index >= 15 is 0 Å². The second-order valence-electron chi connectivity index (χ2n) is 4.59. The molecule has 1 aliphatic rings. The molecular weight excluding hydrogens is 184 g/mol. The first-order valence-corrected chi connectivity index (χ1v) is 5.23. The minimum Gasteiger partial charge on any atom is -0.403 e. The summed E-state index contributed by atoms with van der Waals surface area (Å²) in [6.07, 6.45) is 11.9. The minimum absolute atomic E-state index is 0.0402. The van der Waals surface area contributed by atoms with Crippen molar-refractivity contribution in [2.75, 3.05) is 0 Å². The molecule has 1 heterocycles. The van der Waals surface area contributed by atoms with Crippen LogP contribution in [0.5, 0.6) is 0 Å². The van der Waals surface area contributed by atoms with Gasteiger partial charge >= 0.3 is 0 Å². The summed E-state index contributed by atoms with van der Waals surface area (Å²) in [6, 6.07) is 0. The van der Waals surface area contributed by atoms with Crippen LogP contribution in [0.3, 0.4) is 0 Å². The van der Waals surface area contributed by atoms with Crippen LogP contribution in [-0.2, 0) is 0 Å². The lowest BCUT2D eigenvalue weighted by molar-refractivity contribution is 0.383. The van der Waals surface area contributed by atoms with Crippen LogP contribution in [0.1, 0.15) is 27.7 Å². The molecule has 0 aliphatic carbocycles. The van der Waals surface area contributed by atoms with Crippen molar-refractivity contribution in [3.63, 3.8) is 0 Å². The van der Waals surface area contributed by atoms with Crippen molar-refractivity contribution in [2.45, 2.75) is 27.7 Å². The first-order valence-electron chi connectivity index (χ1n) is 5.23. The molecule has 2 nitrogen and oxygen atoms in total. The summed E-state index contributed by atoms with van der Waals surface area (Å²) < 4.78 is 0. The highest BCUT2D eigenvalue weighted by Crippen LogP contribution is 2.31. The molecule has 82 valence electrons. The van der Waals surface area contributed by atoms with E-state index in [4.69, 9.17) is 5.73 Å². The van der Waals surface area contributed by atoms with E-state index in [0.717, 1.165) is 11.4 Å². The molecule has 0 atom stereocenters. The van der Waals surface area contributed by atoms with Gasteiger partial charge in [-0.1, -0.05) is 32.9 Å². The molecule has 2 N–H and O–H groups in total. The summed E-state index contributed by atoms with van der Waals surface area (Å²) in [4.78, 5) is 2.12. The van der Waals surface area contributed by atoms with Gasteiger partial charge in [-0.2, -0.15) is 0 Å². The van der Waals surface area contributed by atoms with Crippen LogP contribution in [0, 0.1) is 5.41 Å². The van der Waals surface area contributed by atoms with Crippen molar-refractivity contribution in [1.29, 1.82) is 0 Å². The number of hydrogen-bond acceptors (Lipinski definition) is 2. The van der Waals surface area contributed by atoms with Crippen LogP contribution in [0.2, 0.25) is 0 Å². The summed E-state index contributed by atoms with van der Waals surface area (Å²) in [5, 5.41) is 0. The van der Waals surface area contributed by atoms with E-state index in [-0.39, 0.29) is 5.41 Å². The van der Waals surface area contributed by atoms with Gasteiger partial charge in [0.2, 0.25) is 0 Å². The van der Waals surface area contributed by atoms with Gasteiger partial charge < -0.3 is 10.6 Å². The zero-order valence-electron chi connectivity index (χ0n) is 9.99. The first kappa shape index (κ1) is 11.6. The van der Waals surface area contributed by atoms with Crippen LogP contribution in [-0.4, -0.2) is 4.90 Å². The average Bonchev–Trinajstić information content (AvgIpc) is 2.17. The van der Waals surface area contributed by atoms with E-state index < -0.39 is 0 Å². The van der Waals surface area contributed by atoms with E-state index in [1.165, 1.54) is 0 Å². The van der Waals surface area contributed by atoms with Gasteiger partial charge in [0.1, 0.15) is 0 Å². The average molecular weight is 204 g/mol. The Balaban J connectivity index is 3.06. The summed E-state index contributed by atoms with van der Waals surface area (Å²) in [6.45, 7) is 8.50. The summed E-state index contributed by atoms with van der Waals surface area (Å²) >= 11 is 0. The van der Waals surface area contributed by atoms with Gasteiger partial charge in [-0.3, -0.25) is 0 Å². The third-order valence-electron chi connectivity index (χ3n) is 2.37. The number of hydrogen-bond donors (Lipinski definition) is 1. The van der Waals surface area contributed by atoms with E-state index in [1.807, 2.05) is 25.3 Å². The molecule has 0 aromatic heterocycles. The quantitative estimate of drug-likeness (QED) is 0.711. The topological polar surface area (TPSA) is 29.3 Å². The maximum Gasteiger partial charge on any atom is 0.0434 e. The zero-order chi connectivity index (χ0) is 11.5. The van der Waals surface area contributed by atoms with E-state index in [0.29, 0.717) is 0 Å². The predicted molar refractivity (Wildman–Crippen MR) is 65.6 cm³/mol. The Morgan fingerprint density at radius 1 is 1.33 bits per heavy atom. The lowest BCUT2D eigenvalue weighted by Gasteiger charge is -2.34. The first-order chi connectivity index (χ1) is 7.00. The highest BCUT2D eigenvalue weighted by molar-refractivity contribution is 5.33. The second kappa shape index (κ2) is 4.39. The van der Waals surface area contributed by atoms with Crippen LogP contribution < -0.4 is 5.73 Å². The van der Waals surface area contributed by atoms with Crippen molar-refractivity contribution >= 4 is 0 Å². The molecule has 1 rings (SSSR count). The fraction of sp³-hybridized carbons (Fsp3) is 0.385. The summed E-state index contributed by atoms with van der Waals surface area (Å²) in [7, 11) is 0. The minimum atomic E-state index is 0.0402. The van der Waals surface area contributed by atoms with Gasteiger partial charge in [0.05, 0.1) is 0 Å². The predicted octanol–water partition coefficient (Wildman–Crippen LogP) is 3.12. The van der Waals surface area contributed by atoms with Crippen LogP contribution >= 0.6 is 0 Å². The molecule has 0 spiro atoms. The van der Waals surface area contributed by atoms with E-state index in [9.17, 15) is 0 Å². The standard InChI is InChI=1S/C13H20N2/c1-5-11-8-6-7-9-15(11)12(10-14)13(2,3)4/h5-10H,14H2,1-4H3/b11-5-,12-10-. The summed E-state index contributed by atoms with van der Waals surface area (Å²) in [5.74, 6) is 0. The lowest BCUT2D eigenvalue weighted by atomic mass is 9.91. The van der Waals surface area contributed by atoms with Crippen LogP contribution in [0.25, 0.3) is 0 Å². The maximum atomic E-state index is 5.72. The fourth-order valence-electron chi connectivity index (χ4n) is 1.60. The van der Waals surface area contributed by atoms with Crippen molar-refractivity contribution in [1.82, 2.24) is 4.90 Å². The lowest BCUT2D eigenvalue weighted by Crippen LogP contribution is -2.27. The molecule has 0 radical (unpaired) electrons. The molecule has 0 unspecified atom stereocenters. The fourth-order valence-corrected chi connectivity index (χ4v) is 1.60. The molecule has 0 aromatic carbocycles. The molecule has 0 saturated carbocycles. The highest BCUT2D eigenvalue weighted by Gasteiger charge is 2.23. The van der Waals surface area contributed by atoms with Crippen LogP contribution in [0.4, 0.5) is 0 Å². The normalized spacial score (nSPS) is 20.1. The van der Waals surface area contributed by atoms with Crippen molar-refractivity contribution in [3.05, 3.63) is 48.1 Å². The van der Waals surface area contributed by atoms with Gasteiger partial charge in [0.15, 0.2) is 0 Å². The van der Waals surface area contributed by atoms with Gasteiger partial charge in [-0.25, -0.2) is 0 Å². The Morgan fingerprint density at radius 3 is 2.47 bits per heavy atom. The third-order valence-corrected chi connectivity index (χ3v) is 2.37. The molecule has 2 heteroatoms. The molecule has 0 saturated heterocycles. The molecule has 0 aromatic rings. The monoisotopic (exact) mass is 204 g/mol. The largest absolute Gasteiger partial charge is 0.403 e. The van der Waals surface area contributed by atoms with Gasteiger partial charge in [-0.05, 0) is 19.1 Å². The van der Waals surface area contributed by atoms with E-state index in [2.05, 4.69) is 37.8 Å². The van der Waals surface area contributed by atoms with E-state index in [1.54, 1.807) is 6.20 Å². The van der Waals surface area contributed by atoms with Gasteiger partial charge in [0, 0.05) is 29.2 Å². The number of rotatable bonds is 1. The number of nitrogens with zero attached hydrogens (tertiary/aromatic N) is 1. The Hall–Kier alpha value is -1.44. The smallest absolute Gasteiger partial charge is 0.0434 e. The number of nitrogens with two attached hydrogens (primary N) is 1. The maximum absolute atomic E-state index is 5.72. The molecule has 15 heavy (non-hydrogen) atoms. The Kier molecular flexibility index (Phi) is 3.40. The van der Waals surface area contributed by atoms with Crippen molar-refractivity contribution in [2.24, 2.45) is 11.1 Å². The van der Waals surface area contributed by atoms with Crippen molar-refractivity contribution < 1.29 is 0 Å². The molecular formula is C13H20N2. The molecule has 0 amide bonds. The molecule has 0 fully saturated rings. The highest BCUT2D eigenvalue weighted by atomic mass is 15.1. The van der Waals surface area contributed by atoms with Gasteiger partial charge in [0.25, 0.3) is 0 Å². The second-order valence-corrected chi connectivity index (χ2v) is 4.59. The Bertz CT molecular complexity index is 338. The molecule has 1 aliphatic heterocycles. The zero-order valence-corrected chi connectivity index (χ0v) is 9.99. The Morgan fingerprint density at radius 2 is 2.00 bits per heavy atom. The van der Waals surface area contributed by atoms with Gasteiger partial charge in [-0.15, -0.1) is 0 Å². The molecule has 0 bridgehead atoms. The number of allylic oxidation sites excluding steroid dienone is 5.